The lowest BCUT2D eigenvalue weighted by molar-refractivity contribution is 0.199. The minimum atomic E-state index is -3.33. The molecular formula is C12H20N2O3S. The molecule has 0 aromatic heterocycles. The van der Waals surface area contributed by atoms with Crippen LogP contribution in [-0.2, 0) is 21.2 Å². The van der Waals surface area contributed by atoms with Gasteiger partial charge >= 0.3 is 0 Å². The minimum Gasteiger partial charge on any atom is -0.398 e. The lowest BCUT2D eigenvalue weighted by Gasteiger charge is -2.10. The summed E-state index contributed by atoms with van der Waals surface area (Å²) in [5.41, 5.74) is 7.94. The van der Waals surface area contributed by atoms with Crippen molar-refractivity contribution >= 4 is 21.4 Å². The monoisotopic (exact) mass is 272 g/mol. The highest BCUT2D eigenvalue weighted by atomic mass is 32.2. The minimum absolute atomic E-state index is 0.0380. The van der Waals surface area contributed by atoms with Gasteiger partial charge in [0.15, 0.2) is 0 Å². The van der Waals surface area contributed by atoms with Crippen LogP contribution in [0.3, 0.4) is 0 Å². The highest BCUT2D eigenvalue weighted by Gasteiger charge is 2.10. The molecule has 0 atom stereocenters. The van der Waals surface area contributed by atoms with Gasteiger partial charge in [0.1, 0.15) is 0 Å². The Kier molecular flexibility index (Phi) is 5.43. The van der Waals surface area contributed by atoms with Crippen molar-refractivity contribution in [1.82, 2.24) is 0 Å². The molecule has 1 rings (SSSR count). The summed E-state index contributed by atoms with van der Waals surface area (Å²) in [7, 11) is -1.78. The van der Waals surface area contributed by atoms with Gasteiger partial charge in [0, 0.05) is 19.4 Å². The topological polar surface area (TPSA) is 81.4 Å². The largest absolute Gasteiger partial charge is 0.398 e. The maximum Gasteiger partial charge on any atom is 0.232 e. The fourth-order valence-corrected chi connectivity index (χ4v) is 2.69. The van der Waals surface area contributed by atoms with E-state index in [2.05, 4.69) is 4.72 Å². The van der Waals surface area contributed by atoms with Crippen molar-refractivity contribution in [3.63, 3.8) is 0 Å². The normalized spacial score (nSPS) is 11.4. The van der Waals surface area contributed by atoms with Gasteiger partial charge in [0.05, 0.1) is 11.4 Å². The van der Waals surface area contributed by atoms with Crippen LogP contribution in [0.5, 0.6) is 0 Å². The van der Waals surface area contributed by atoms with Crippen molar-refractivity contribution in [2.24, 2.45) is 0 Å². The van der Waals surface area contributed by atoms with E-state index in [1.54, 1.807) is 19.2 Å². The number of nitrogens with one attached hydrogen (secondary N) is 1. The summed E-state index contributed by atoms with van der Waals surface area (Å²) in [6.45, 7) is 2.43. The lowest BCUT2D eigenvalue weighted by Crippen LogP contribution is -2.17. The molecule has 102 valence electrons. The number of anilines is 2. The van der Waals surface area contributed by atoms with Gasteiger partial charge in [-0.2, -0.15) is 0 Å². The standard InChI is InChI=1S/C12H20N2O3S/c1-3-10-5-6-11(9-12(10)13)14-18(15,16)8-4-7-17-2/h5-6,9,14H,3-4,7-8,13H2,1-2H3. The zero-order valence-electron chi connectivity index (χ0n) is 10.8. The Labute approximate surface area is 108 Å². The van der Waals surface area contributed by atoms with E-state index in [1.807, 2.05) is 13.0 Å². The van der Waals surface area contributed by atoms with Crippen molar-refractivity contribution in [1.29, 1.82) is 0 Å². The molecule has 6 heteroatoms. The second-order valence-electron chi connectivity index (χ2n) is 4.03. The van der Waals surface area contributed by atoms with Crippen LogP contribution >= 0.6 is 0 Å². The van der Waals surface area contributed by atoms with E-state index in [9.17, 15) is 8.42 Å². The second-order valence-corrected chi connectivity index (χ2v) is 5.88. The third-order valence-corrected chi connectivity index (χ3v) is 3.93. The number of benzene rings is 1. The SMILES string of the molecule is CCc1ccc(NS(=O)(=O)CCCOC)cc1N. The van der Waals surface area contributed by atoms with Crippen LogP contribution in [-0.4, -0.2) is 27.9 Å². The number of ether oxygens (including phenoxy) is 1. The molecule has 0 amide bonds. The fourth-order valence-electron chi connectivity index (χ4n) is 1.60. The van der Waals surface area contributed by atoms with E-state index in [4.69, 9.17) is 10.5 Å². The third-order valence-electron chi connectivity index (χ3n) is 2.56. The van der Waals surface area contributed by atoms with Crippen LogP contribution in [0.25, 0.3) is 0 Å². The van der Waals surface area contributed by atoms with E-state index in [0.717, 1.165) is 12.0 Å². The molecule has 0 unspecified atom stereocenters. The highest BCUT2D eigenvalue weighted by molar-refractivity contribution is 7.92. The van der Waals surface area contributed by atoms with Crippen LogP contribution in [0, 0.1) is 0 Å². The van der Waals surface area contributed by atoms with Gasteiger partial charge in [-0.05, 0) is 30.5 Å². The molecule has 0 radical (unpaired) electrons. The summed E-state index contributed by atoms with van der Waals surface area (Å²) < 4.78 is 30.8. The molecule has 0 aliphatic carbocycles. The molecule has 1 aromatic rings. The molecule has 0 saturated carbocycles. The van der Waals surface area contributed by atoms with Gasteiger partial charge < -0.3 is 10.5 Å². The number of aryl methyl sites for hydroxylation is 1. The molecule has 0 spiro atoms. The number of methoxy groups -OCH3 is 1. The van der Waals surface area contributed by atoms with Crippen molar-refractivity contribution in [2.45, 2.75) is 19.8 Å². The Morgan fingerprint density at radius 3 is 2.67 bits per heavy atom. The van der Waals surface area contributed by atoms with Crippen LogP contribution < -0.4 is 10.5 Å². The van der Waals surface area contributed by atoms with Crippen molar-refractivity contribution in [2.75, 3.05) is 29.9 Å². The maximum atomic E-state index is 11.7. The molecule has 1 aromatic carbocycles. The number of hydrogen-bond acceptors (Lipinski definition) is 4. The summed E-state index contributed by atoms with van der Waals surface area (Å²) >= 11 is 0. The predicted molar refractivity (Wildman–Crippen MR) is 74.1 cm³/mol. The van der Waals surface area contributed by atoms with Gasteiger partial charge in [0.25, 0.3) is 0 Å². The highest BCUT2D eigenvalue weighted by Crippen LogP contribution is 2.19. The fraction of sp³-hybridized carbons (Fsp3) is 0.500. The number of rotatable bonds is 7. The summed E-state index contributed by atoms with van der Waals surface area (Å²) in [5.74, 6) is 0.0380. The van der Waals surface area contributed by atoms with Gasteiger partial charge in [-0.25, -0.2) is 8.42 Å². The van der Waals surface area contributed by atoms with E-state index >= 15 is 0 Å². The first-order valence-corrected chi connectivity index (χ1v) is 7.51. The van der Waals surface area contributed by atoms with Gasteiger partial charge in [-0.1, -0.05) is 13.0 Å². The lowest BCUT2D eigenvalue weighted by atomic mass is 10.1. The Morgan fingerprint density at radius 1 is 1.39 bits per heavy atom. The number of hydrogen-bond donors (Lipinski definition) is 2. The first kappa shape index (κ1) is 14.8. The van der Waals surface area contributed by atoms with E-state index in [-0.39, 0.29) is 5.75 Å². The smallest absolute Gasteiger partial charge is 0.232 e. The van der Waals surface area contributed by atoms with Gasteiger partial charge in [-0.15, -0.1) is 0 Å². The predicted octanol–water partition coefficient (Wildman–Crippen LogP) is 1.61. The molecule has 0 heterocycles. The molecule has 5 nitrogen and oxygen atoms in total. The molecule has 3 N–H and O–H groups in total. The van der Waals surface area contributed by atoms with Crippen LogP contribution in [0.4, 0.5) is 11.4 Å². The van der Waals surface area contributed by atoms with Gasteiger partial charge in [-0.3, -0.25) is 4.72 Å². The Bertz CT molecular complexity index is 486. The van der Waals surface area contributed by atoms with Crippen molar-refractivity contribution in [3.05, 3.63) is 23.8 Å². The molecule has 0 fully saturated rings. The van der Waals surface area contributed by atoms with Crippen LogP contribution in [0.15, 0.2) is 18.2 Å². The number of sulfonamides is 1. The zero-order valence-corrected chi connectivity index (χ0v) is 11.6. The summed E-state index contributed by atoms with van der Waals surface area (Å²) in [5, 5.41) is 0. The second kappa shape index (κ2) is 6.61. The maximum absolute atomic E-state index is 11.7. The summed E-state index contributed by atoms with van der Waals surface area (Å²) in [6.07, 6.45) is 1.29. The van der Waals surface area contributed by atoms with E-state index in [1.165, 1.54) is 0 Å². The molecule has 0 aliphatic rings. The summed E-state index contributed by atoms with van der Waals surface area (Å²) in [4.78, 5) is 0. The van der Waals surface area contributed by atoms with Gasteiger partial charge in [0.2, 0.25) is 10.0 Å². The molecule has 0 saturated heterocycles. The first-order valence-electron chi connectivity index (χ1n) is 5.86. The zero-order chi connectivity index (χ0) is 13.6. The van der Waals surface area contributed by atoms with E-state index in [0.29, 0.717) is 24.4 Å². The molecule has 0 bridgehead atoms. The summed E-state index contributed by atoms with van der Waals surface area (Å²) in [6, 6.07) is 5.21. The Balaban J connectivity index is 2.69. The molecule has 0 aliphatic heterocycles. The Morgan fingerprint density at radius 2 is 2.11 bits per heavy atom. The number of nitrogen functional groups attached to an aromatic ring is 1. The Hall–Kier alpha value is -1.27. The first-order chi connectivity index (χ1) is 8.48. The van der Waals surface area contributed by atoms with Crippen LogP contribution in [0.1, 0.15) is 18.9 Å². The third kappa shape index (κ3) is 4.54. The average Bonchev–Trinajstić information content (AvgIpc) is 2.29. The molecular weight excluding hydrogens is 252 g/mol. The number of nitrogens with two attached hydrogens (primary N) is 1. The van der Waals surface area contributed by atoms with Crippen LogP contribution in [0.2, 0.25) is 0 Å². The average molecular weight is 272 g/mol. The van der Waals surface area contributed by atoms with Crippen molar-refractivity contribution in [3.8, 4) is 0 Å². The quantitative estimate of drug-likeness (QED) is 0.583. The molecule has 18 heavy (non-hydrogen) atoms. The van der Waals surface area contributed by atoms with E-state index < -0.39 is 10.0 Å². The van der Waals surface area contributed by atoms with Crippen molar-refractivity contribution < 1.29 is 13.2 Å².